The molecule has 3 heterocycles. The van der Waals surface area contributed by atoms with Gasteiger partial charge in [-0.05, 0) is 68.7 Å². The van der Waals surface area contributed by atoms with E-state index in [2.05, 4.69) is 127 Å². The lowest BCUT2D eigenvalue weighted by atomic mass is 9.96. The molecule has 11 rings (SSSR count). The van der Waals surface area contributed by atoms with Crippen LogP contribution in [0.5, 0.6) is 0 Å². The molecule has 0 saturated carbocycles. The Morgan fingerprint density at radius 1 is 0.404 bits per heavy atom. The molecule has 242 valence electrons. The quantitative estimate of drug-likeness (QED) is 0.173. The molecule has 11 aromatic rings. The summed E-state index contributed by atoms with van der Waals surface area (Å²) in [7, 11) is 0. The number of aromatic nitrogens is 4. The van der Waals surface area contributed by atoms with Crippen LogP contribution in [0.2, 0.25) is 0 Å². The van der Waals surface area contributed by atoms with Crippen molar-refractivity contribution >= 4 is 74.9 Å². The predicted molar refractivity (Wildman–Crippen MR) is 215 cm³/mol. The van der Waals surface area contributed by atoms with Crippen molar-refractivity contribution in [2.45, 2.75) is 0 Å². The van der Waals surface area contributed by atoms with Crippen molar-refractivity contribution in [1.82, 2.24) is 19.9 Å². The van der Waals surface area contributed by atoms with Crippen LogP contribution in [0.4, 0.5) is 0 Å². The molecule has 0 aliphatic rings. The van der Waals surface area contributed by atoms with Crippen molar-refractivity contribution in [1.29, 1.82) is 0 Å². The number of hydrogen-bond donors (Lipinski definition) is 0. The van der Waals surface area contributed by atoms with Crippen molar-refractivity contribution in [2.24, 2.45) is 0 Å². The highest BCUT2D eigenvalue weighted by Crippen LogP contribution is 2.42. The SMILES string of the molecule is c1ccc(-c2nc3cc4c(cc3o2)sc2cccc(-c3nc(-c5ccc6ccccc6c5)nc(-c5cc6ccccc6c6ccccc56)n3)c24)cc1. The highest BCUT2D eigenvalue weighted by molar-refractivity contribution is 7.26. The van der Waals surface area contributed by atoms with Crippen LogP contribution in [0.3, 0.4) is 0 Å². The van der Waals surface area contributed by atoms with Gasteiger partial charge in [-0.3, -0.25) is 0 Å². The molecule has 0 bridgehead atoms. The molecule has 0 saturated heterocycles. The predicted octanol–water partition coefficient (Wildman–Crippen LogP) is 12.5. The maximum atomic E-state index is 6.26. The maximum Gasteiger partial charge on any atom is 0.227 e. The molecule has 0 N–H and O–H groups in total. The molecule has 0 radical (unpaired) electrons. The van der Waals surface area contributed by atoms with Crippen molar-refractivity contribution in [3.8, 4) is 45.6 Å². The lowest BCUT2D eigenvalue weighted by Crippen LogP contribution is -2.01. The highest BCUT2D eigenvalue weighted by atomic mass is 32.1. The Bertz CT molecular complexity index is 3200. The van der Waals surface area contributed by atoms with Crippen LogP contribution in [-0.2, 0) is 0 Å². The standard InChI is InChI=1S/C46H26N4OS/c1-2-12-28(13-3-1)46-47-38-25-37-41(26-39(38)51-46)52-40-20-10-19-35(42(37)40)44-48-43(31-22-21-27-11-4-5-14-29(27)23-31)49-45(50-44)36-24-30-15-6-7-16-32(30)33-17-8-9-18-34(33)36/h1-26H. The average molecular weight is 683 g/mol. The molecular formula is C46H26N4OS. The van der Waals surface area contributed by atoms with Gasteiger partial charge in [0.25, 0.3) is 0 Å². The van der Waals surface area contributed by atoms with E-state index in [1.807, 2.05) is 30.3 Å². The summed E-state index contributed by atoms with van der Waals surface area (Å²) in [6.45, 7) is 0. The monoisotopic (exact) mass is 682 g/mol. The molecular weight excluding hydrogens is 657 g/mol. The first-order valence-corrected chi connectivity index (χ1v) is 18.0. The van der Waals surface area contributed by atoms with E-state index in [0.29, 0.717) is 23.4 Å². The first-order valence-electron chi connectivity index (χ1n) is 17.2. The van der Waals surface area contributed by atoms with E-state index in [9.17, 15) is 0 Å². The molecule has 3 aromatic heterocycles. The second-order valence-corrected chi connectivity index (χ2v) is 14.1. The van der Waals surface area contributed by atoms with E-state index >= 15 is 0 Å². The number of oxazole rings is 1. The van der Waals surface area contributed by atoms with Gasteiger partial charge in [-0.1, -0.05) is 115 Å². The zero-order chi connectivity index (χ0) is 34.2. The largest absolute Gasteiger partial charge is 0.436 e. The van der Waals surface area contributed by atoms with E-state index < -0.39 is 0 Å². The Morgan fingerprint density at radius 3 is 1.98 bits per heavy atom. The fourth-order valence-electron chi connectivity index (χ4n) is 7.45. The third-order valence-corrected chi connectivity index (χ3v) is 11.0. The molecule has 0 aliphatic carbocycles. The Labute approximate surface area is 301 Å². The van der Waals surface area contributed by atoms with Crippen LogP contribution in [-0.4, -0.2) is 19.9 Å². The molecule has 6 heteroatoms. The minimum atomic E-state index is 0.613. The molecule has 0 aliphatic heterocycles. The van der Waals surface area contributed by atoms with Crippen LogP contribution in [0, 0.1) is 0 Å². The van der Waals surface area contributed by atoms with Crippen molar-refractivity contribution < 1.29 is 4.42 Å². The second-order valence-electron chi connectivity index (χ2n) is 13.0. The van der Waals surface area contributed by atoms with Gasteiger partial charge in [0, 0.05) is 48.5 Å². The summed E-state index contributed by atoms with van der Waals surface area (Å²) in [6.07, 6.45) is 0. The number of benzene rings is 8. The summed E-state index contributed by atoms with van der Waals surface area (Å²) >= 11 is 1.74. The number of thiophene rings is 1. The summed E-state index contributed by atoms with van der Waals surface area (Å²) in [4.78, 5) is 20.7. The fourth-order valence-corrected chi connectivity index (χ4v) is 8.59. The minimum absolute atomic E-state index is 0.613. The van der Waals surface area contributed by atoms with Crippen molar-refractivity contribution in [3.05, 3.63) is 158 Å². The van der Waals surface area contributed by atoms with E-state index in [4.69, 9.17) is 24.4 Å². The summed E-state index contributed by atoms with van der Waals surface area (Å²) in [5, 5.41) is 9.12. The topological polar surface area (TPSA) is 64.7 Å². The smallest absolute Gasteiger partial charge is 0.227 e. The van der Waals surface area contributed by atoms with Gasteiger partial charge in [-0.25, -0.2) is 19.9 Å². The Balaban J connectivity index is 1.18. The Morgan fingerprint density at radius 2 is 1.12 bits per heavy atom. The van der Waals surface area contributed by atoms with E-state index in [1.165, 1.54) is 16.2 Å². The van der Waals surface area contributed by atoms with E-state index in [1.54, 1.807) is 11.3 Å². The molecule has 0 fully saturated rings. The van der Waals surface area contributed by atoms with Crippen LogP contribution >= 0.6 is 11.3 Å². The molecule has 0 atom stereocenters. The van der Waals surface area contributed by atoms with Gasteiger partial charge >= 0.3 is 0 Å². The van der Waals surface area contributed by atoms with Gasteiger partial charge in [-0.2, -0.15) is 0 Å². The van der Waals surface area contributed by atoms with E-state index in [0.717, 1.165) is 69.7 Å². The third-order valence-electron chi connectivity index (χ3n) is 9.92. The van der Waals surface area contributed by atoms with Gasteiger partial charge in [-0.15, -0.1) is 11.3 Å². The van der Waals surface area contributed by atoms with Crippen molar-refractivity contribution in [2.75, 3.05) is 0 Å². The summed E-state index contributed by atoms with van der Waals surface area (Å²) < 4.78 is 8.53. The Hall–Kier alpha value is -6.76. The zero-order valence-electron chi connectivity index (χ0n) is 27.6. The molecule has 52 heavy (non-hydrogen) atoms. The number of nitrogens with zero attached hydrogens (tertiary/aromatic N) is 4. The maximum absolute atomic E-state index is 6.26. The lowest BCUT2D eigenvalue weighted by molar-refractivity contribution is 0.620. The van der Waals surface area contributed by atoms with Crippen molar-refractivity contribution in [3.63, 3.8) is 0 Å². The number of hydrogen-bond acceptors (Lipinski definition) is 6. The van der Waals surface area contributed by atoms with E-state index in [-0.39, 0.29) is 0 Å². The first kappa shape index (κ1) is 29.0. The first-order chi connectivity index (χ1) is 25.7. The van der Waals surface area contributed by atoms with Gasteiger partial charge in [0.2, 0.25) is 5.89 Å². The molecule has 0 amide bonds. The van der Waals surface area contributed by atoms with Gasteiger partial charge < -0.3 is 4.42 Å². The van der Waals surface area contributed by atoms with Crippen LogP contribution in [0.25, 0.3) is 109 Å². The number of fused-ring (bicyclic) bond motifs is 8. The zero-order valence-corrected chi connectivity index (χ0v) is 28.4. The molecule has 0 spiro atoms. The van der Waals surface area contributed by atoms with Gasteiger partial charge in [0.15, 0.2) is 23.1 Å². The summed E-state index contributed by atoms with van der Waals surface area (Å²) in [5.41, 5.74) is 5.40. The second kappa shape index (κ2) is 11.4. The van der Waals surface area contributed by atoms with Gasteiger partial charge in [0.1, 0.15) is 5.52 Å². The summed E-state index contributed by atoms with van der Waals surface area (Å²) in [6, 6.07) is 54.7. The lowest BCUT2D eigenvalue weighted by Gasteiger charge is -2.13. The molecule has 0 unspecified atom stereocenters. The third kappa shape index (κ3) is 4.62. The minimum Gasteiger partial charge on any atom is -0.436 e. The molecule has 5 nitrogen and oxygen atoms in total. The van der Waals surface area contributed by atoms with Gasteiger partial charge in [0.05, 0.1) is 0 Å². The molecule has 8 aromatic carbocycles. The van der Waals surface area contributed by atoms with Crippen LogP contribution < -0.4 is 0 Å². The summed E-state index contributed by atoms with van der Waals surface area (Å²) in [5.74, 6) is 2.51. The highest BCUT2D eigenvalue weighted by Gasteiger charge is 2.20. The number of rotatable bonds is 4. The Kier molecular flexibility index (Phi) is 6.35. The normalized spacial score (nSPS) is 11.8. The van der Waals surface area contributed by atoms with Crippen LogP contribution in [0.15, 0.2) is 162 Å². The fraction of sp³-hybridized carbons (Fsp3) is 0. The van der Waals surface area contributed by atoms with Crippen LogP contribution in [0.1, 0.15) is 0 Å². The average Bonchev–Trinajstić information content (AvgIpc) is 3.80.